The number of aliphatic hydroxyl groups excluding tert-OH is 1. The van der Waals surface area contributed by atoms with Gasteiger partial charge in [0, 0.05) is 0 Å². The topological polar surface area (TPSA) is 20.2 Å². The summed E-state index contributed by atoms with van der Waals surface area (Å²) in [5.41, 5.74) is 0. The van der Waals surface area contributed by atoms with Gasteiger partial charge in [0.2, 0.25) is 0 Å². The lowest BCUT2D eigenvalue weighted by Crippen LogP contribution is -1.97. The number of rotatable bonds is 4. The predicted octanol–water partition coefficient (Wildman–Crippen LogP) is 1.63. The molecule has 1 atom stereocenters. The van der Waals surface area contributed by atoms with Crippen LogP contribution in [0, 0.1) is 0 Å². The lowest BCUT2D eigenvalue weighted by molar-refractivity contribution is 0.219. The highest BCUT2D eigenvalue weighted by Gasteiger charge is 1.89. The van der Waals surface area contributed by atoms with E-state index in [-0.39, 0.29) is 6.10 Å². The van der Waals surface area contributed by atoms with Gasteiger partial charge in [0.05, 0.1) is 6.10 Å². The molecular weight excluding hydrogens is 132 g/mol. The zero-order chi connectivity index (χ0) is 7.11. The van der Waals surface area contributed by atoms with Crippen molar-refractivity contribution in [3.05, 3.63) is 12.2 Å². The van der Waals surface area contributed by atoms with Crippen molar-refractivity contribution in [3.63, 3.8) is 0 Å². The first-order chi connectivity index (χ1) is 4.31. The van der Waals surface area contributed by atoms with Crippen molar-refractivity contribution in [1.82, 2.24) is 0 Å². The first-order valence-corrected chi connectivity index (χ1v) is 3.90. The van der Waals surface area contributed by atoms with Crippen LogP contribution in [0.4, 0.5) is 0 Å². The molecule has 0 radical (unpaired) electrons. The van der Waals surface area contributed by atoms with Crippen molar-refractivity contribution in [3.8, 4) is 0 Å². The van der Waals surface area contributed by atoms with Gasteiger partial charge >= 0.3 is 0 Å². The Bertz CT molecular complexity index is 81.0. The van der Waals surface area contributed by atoms with Gasteiger partial charge in [-0.1, -0.05) is 19.1 Å². The van der Waals surface area contributed by atoms with Crippen LogP contribution in [0.2, 0.25) is 0 Å². The Balaban J connectivity index is 3.20. The summed E-state index contributed by atoms with van der Waals surface area (Å²) in [6.45, 7) is 1.95. The Morgan fingerprint density at radius 3 is 2.78 bits per heavy atom. The standard InChI is InChI=1S/C7H14OS/c1-2-7(8)5-3-4-6-9/h3,5,7-9H,2,4,6H2,1H3/b5-3+/t7-/m0/s1. The van der Waals surface area contributed by atoms with Gasteiger partial charge in [-0.2, -0.15) is 12.6 Å². The Morgan fingerprint density at radius 2 is 2.33 bits per heavy atom. The van der Waals surface area contributed by atoms with Crippen LogP contribution in [0.15, 0.2) is 12.2 Å². The molecule has 9 heavy (non-hydrogen) atoms. The Hall–Kier alpha value is 0.0500. The van der Waals surface area contributed by atoms with E-state index in [2.05, 4.69) is 12.6 Å². The van der Waals surface area contributed by atoms with Gasteiger partial charge in [-0.15, -0.1) is 0 Å². The number of hydrogen-bond acceptors (Lipinski definition) is 2. The second kappa shape index (κ2) is 6.17. The van der Waals surface area contributed by atoms with E-state index in [0.29, 0.717) is 0 Å². The first kappa shape index (κ1) is 9.05. The minimum atomic E-state index is -0.259. The molecule has 54 valence electrons. The summed E-state index contributed by atoms with van der Waals surface area (Å²) in [5, 5.41) is 8.97. The fourth-order valence-corrected chi connectivity index (χ4v) is 0.613. The number of hydrogen-bond donors (Lipinski definition) is 2. The van der Waals surface area contributed by atoms with E-state index in [1.165, 1.54) is 0 Å². The number of allylic oxidation sites excluding steroid dienone is 1. The van der Waals surface area contributed by atoms with E-state index < -0.39 is 0 Å². The highest BCUT2D eigenvalue weighted by molar-refractivity contribution is 7.80. The molecule has 0 aromatic rings. The maximum absolute atomic E-state index is 8.97. The monoisotopic (exact) mass is 146 g/mol. The van der Waals surface area contributed by atoms with Gasteiger partial charge in [0.1, 0.15) is 0 Å². The van der Waals surface area contributed by atoms with E-state index in [0.717, 1.165) is 18.6 Å². The molecule has 1 nitrogen and oxygen atoms in total. The third-order valence-corrected chi connectivity index (χ3v) is 1.33. The van der Waals surface area contributed by atoms with Crippen molar-refractivity contribution < 1.29 is 5.11 Å². The van der Waals surface area contributed by atoms with Gasteiger partial charge in [-0.25, -0.2) is 0 Å². The highest BCUT2D eigenvalue weighted by atomic mass is 32.1. The third kappa shape index (κ3) is 5.93. The van der Waals surface area contributed by atoms with E-state index >= 15 is 0 Å². The fourth-order valence-electron chi connectivity index (χ4n) is 0.464. The Labute approximate surface area is 62.2 Å². The number of thiol groups is 1. The summed E-state index contributed by atoms with van der Waals surface area (Å²) in [5.74, 6) is 0.854. The summed E-state index contributed by atoms with van der Waals surface area (Å²) < 4.78 is 0. The normalized spacial score (nSPS) is 14.6. The van der Waals surface area contributed by atoms with Crippen LogP contribution in [0.3, 0.4) is 0 Å². The summed E-state index contributed by atoms with van der Waals surface area (Å²) in [6.07, 6.45) is 5.26. The quantitative estimate of drug-likeness (QED) is 0.456. The average molecular weight is 146 g/mol. The molecule has 0 aliphatic carbocycles. The molecule has 0 bridgehead atoms. The minimum Gasteiger partial charge on any atom is -0.389 e. The van der Waals surface area contributed by atoms with E-state index in [9.17, 15) is 0 Å². The van der Waals surface area contributed by atoms with Gasteiger partial charge in [-0.3, -0.25) is 0 Å². The molecule has 0 unspecified atom stereocenters. The maximum atomic E-state index is 8.97. The first-order valence-electron chi connectivity index (χ1n) is 3.26. The molecule has 0 aliphatic heterocycles. The van der Waals surface area contributed by atoms with Crippen LogP contribution in [0.1, 0.15) is 19.8 Å². The third-order valence-electron chi connectivity index (χ3n) is 1.07. The van der Waals surface area contributed by atoms with Crippen LogP contribution < -0.4 is 0 Å². The Kier molecular flexibility index (Phi) is 6.21. The number of aliphatic hydroxyl groups is 1. The van der Waals surface area contributed by atoms with Crippen molar-refractivity contribution in [2.75, 3.05) is 5.75 Å². The predicted molar refractivity (Wildman–Crippen MR) is 43.9 cm³/mol. The summed E-state index contributed by atoms with van der Waals surface area (Å²) in [6, 6.07) is 0. The van der Waals surface area contributed by atoms with Gasteiger partial charge in [0.25, 0.3) is 0 Å². The molecule has 1 N–H and O–H groups in total. The van der Waals surface area contributed by atoms with Crippen LogP contribution in [0.25, 0.3) is 0 Å². The highest BCUT2D eigenvalue weighted by Crippen LogP contribution is 1.93. The molecule has 0 saturated heterocycles. The van der Waals surface area contributed by atoms with Gasteiger partial charge in [-0.05, 0) is 18.6 Å². The summed E-state index contributed by atoms with van der Waals surface area (Å²) in [4.78, 5) is 0. The zero-order valence-electron chi connectivity index (χ0n) is 5.75. The summed E-state index contributed by atoms with van der Waals surface area (Å²) >= 11 is 4.02. The van der Waals surface area contributed by atoms with Crippen LogP contribution in [-0.4, -0.2) is 17.0 Å². The Morgan fingerprint density at radius 1 is 1.67 bits per heavy atom. The lowest BCUT2D eigenvalue weighted by atomic mass is 10.2. The fraction of sp³-hybridized carbons (Fsp3) is 0.714. The van der Waals surface area contributed by atoms with Gasteiger partial charge < -0.3 is 5.11 Å². The molecule has 0 rings (SSSR count). The van der Waals surface area contributed by atoms with E-state index in [1.807, 2.05) is 19.1 Å². The molecule has 0 aromatic carbocycles. The zero-order valence-corrected chi connectivity index (χ0v) is 6.64. The molecule has 2 heteroatoms. The molecule has 0 heterocycles. The molecule has 0 fully saturated rings. The minimum absolute atomic E-state index is 0.259. The molecule has 0 spiro atoms. The summed E-state index contributed by atoms with van der Waals surface area (Å²) in [7, 11) is 0. The van der Waals surface area contributed by atoms with Crippen LogP contribution in [-0.2, 0) is 0 Å². The lowest BCUT2D eigenvalue weighted by Gasteiger charge is -1.96. The van der Waals surface area contributed by atoms with Crippen LogP contribution in [0.5, 0.6) is 0 Å². The SMILES string of the molecule is CC[C@H](O)/C=C/CCS. The smallest absolute Gasteiger partial charge is 0.0718 e. The molecular formula is C7H14OS. The van der Waals surface area contributed by atoms with E-state index in [4.69, 9.17) is 5.11 Å². The van der Waals surface area contributed by atoms with E-state index in [1.54, 1.807) is 0 Å². The largest absolute Gasteiger partial charge is 0.389 e. The van der Waals surface area contributed by atoms with Crippen molar-refractivity contribution in [2.24, 2.45) is 0 Å². The van der Waals surface area contributed by atoms with Crippen LogP contribution >= 0.6 is 12.6 Å². The second-order valence-corrected chi connectivity index (χ2v) is 2.36. The molecule has 0 aliphatic rings. The molecule has 0 aromatic heterocycles. The molecule has 0 saturated carbocycles. The molecule has 0 amide bonds. The average Bonchev–Trinajstić information content (AvgIpc) is 1.89. The second-order valence-electron chi connectivity index (χ2n) is 1.92. The van der Waals surface area contributed by atoms with Gasteiger partial charge in [0.15, 0.2) is 0 Å². The maximum Gasteiger partial charge on any atom is 0.0718 e. The van der Waals surface area contributed by atoms with Crippen molar-refractivity contribution in [2.45, 2.75) is 25.9 Å². The van der Waals surface area contributed by atoms with Crippen molar-refractivity contribution >= 4 is 12.6 Å². The van der Waals surface area contributed by atoms with Crippen molar-refractivity contribution in [1.29, 1.82) is 0 Å².